The van der Waals surface area contributed by atoms with E-state index in [1.54, 1.807) is 0 Å². The van der Waals surface area contributed by atoms with Crippen molar-refractivity contribution in [1.82, 2.24) is 9.80 Å². The average Bonchev–Trinajstić information content (AvgIpc) is 2.99. The standard InChI is InChI=1S/C23H24F3N3O3/c1-4-28(5-2)11-12-29(17-8-6-7-16(14-17)23(24,25)26)20(30)15-9-10-18-19(13-15)22(32)27(3)21(18)31/h6-10,13-14H,4-5,11-12H2,1-3H3. The van der Waals surface area contributed by atoms with E-state index in [1.807, 2.05) is 18.7 Å². The zero-order chi connectivity index (χ0) is 23.6. The first-order valence-electron chi connectivity index (χ1n) is 10.3. The molecule has 0 bridgehead atoms. The molecule has 0 radical (unpaired) electrons. The fourth-order valence-corrected chi connectivity index (χ4v) is 3.63. The predicted molar refractivity (Wildman–Crippen MR) is 114 cm³/mol. The number of carbonyl (C=O) groups excluding carboxylic acids is 3. The minimum absolute atomic E-state index is 0.107. The zero-order valence-corrected chi connectivity index (χ0v) is 18.1. The molecule has 1 aliphatic rings. The highest BCUT2D eigenvalue weighted by molar-refractivity contribution is 6.22. The molecule has 1 aliphatic heterocycles. The number of rotatable bonds is 7. The Morgan fingerprint density at radius 1 is 0.938 bits per heavy atom. The van der Waals surface area contributed by atoms with Crippen molar-refractivity contribution in [3.8, 4) is 0 Å². The molecule has 0 unspecified atom stereocenters. The smallest absolute Gasteiger partial charge is 0.307 e. The van der Waals surface area contributed by atoms with Gasteiger partial charge in [-0.25, -0.2) is 0 Å². The summed E-state index contributed by atoms with van der Waals surface area (Å²) in [5.74, 6) is -1.53. The summed E-state index contributed by atoms with van der Waals surface area (Å²) in [5.41, 5.74) is -0.319. The molecular weight excluding hydrogens is 423 g/mol. The van der Waals surface area contributed by atoms with Gasteiger partial charge in [-0.3, -0.25) is 19.3 Å². The van der Waals surface area contributed by atoms with E-state index in [4.69, 9.17) is 0 Å². The second-order valence-corrected chi connectivity index (χ2v) is 7.46. The van der Waals surface area contributed by atoms with E-state index in [2.05, 4.69) is 0 Å². The molecule has 3 amide bonds. The summed E-state index contributed by atoms with van der Waals surface area (Å²) in [7, 11) is 1.35. The third kappa shape index (κ3) is 4.52. The Balaban J connectivity index is 2.00. The lowest BCUT2D eigenvalue weighted by atomic mass is 10.0. The summed E-state index contributed by atoms with van der Waals surface area (Å²) < 4.78 is 39.8. The van der Waals surface area contributed by atoms with Crippen LogP contribution in [0.3, 0.4) is 0 Å². The quantitative estimate of drug-likeness (QED) is 0.604. The van der Waals surface area contributed by atoms with Crippen LogP contribution in [0.25, 0.3) is 0 Å². The first-order chi connectivity index (χ1) is 15.1. The van der Waals surface area contributed by atoms with Crippen LogP contribution in [0.5, 0.6) is 0 Å². The molecule has 0 fully saturated rings. The van der Waals surface area contributed by atoms with Gasteiger partial charge >= 0.3 is 6.18 Å². The van der Waals surface area contributed by atoms with Gasteiger partial charge in [0.25, 0.3) is 17.7 Å². The molecule has 3 rings (SSSR count). The third-order valence-corrected chi connectivity index (χ3v) is 5.60. The molecule has 2 aromatic rings. The van der Waals surface area contributed by atoms with Crippen molar-refractivity contribution >= 4 is 23.4 Å². The van der Waals surface area contributed by atoms with E-state index < -0.39 is 29.5 Å². The van der Waals surface area contributed by atoms with Gasteiger partial charge in [-0.2, -0.15) is 13.2 Å². The van der Waals surface area contributed by atoms with Gasteiger partial charge in [0.2, 0.25) is 0 Å². The number of imide groups is 1. The SMILES string of the molecule is CCN(CC)CCN(C(=O)c1ccc2c(c1)C(=O)N(C)C2=O)c1cccc(C(F)(F)F)c1. The number of carbonyl (C=O) groups is 3. The summed E-state index contributed by atoms with van der Waals surface area (Å²) >= 11 is 0. The molecule has 0 saturated heterocycles. The predicted octanol–water partition coefficient (Wildman–Crippen LogP) is 3.92. The largest absolute Gasteiger partial charge is 0.416 e. The van der Waals surface area contributed by atoms with Crippen molar-refractivity contribution < 1.29 is 27.6 Å². The summed E-state index contributed by atoms with van der Waals surface area (Å²) in [6.45, 7) is 5.98. The fraction of sp³-hybridized carbons (Fsp3) is 0.348. The molecule has 0 atom stereocenters. The molecule has 0 saturated carbocycles. The van der Waals surface area contributed by atoms with E-state index in [1.165, 1.54) is 42.3 Å². The van der Waals surface area contributed by atoms with Crippen molar-refractivity contribution in [2.45, 2.75) is 20.0 Å². The maximum atomic E-state index is 13.4. The van der Waals surface area contributed by atoms with Gasteiger partial charge in [-0.15, -0.1) is 0 Å². The Labute approximate surface area is 184 Å². The summed E-state index contributed by atoms with van der Waals surface area (Å²) in [6.07, 6.45) is -4.55. The average molecular weight is 447 g/mol. The van der Waals surface area contributed by atoms with Crippen molar-refractivity contribution in [2.24, 2.45) is 0 Å². The Kier molecular flexibility index (Phi) is 6.68. The normalized spacial score (nSPS) is 13.7. The van der Waals surface area contributed by atoms with E-state index in [9.17, 15) is 27.6 Å². The topological polar surface area (TPSA) is 60.9 Å². The van der Waals surface area contributed by atoms with Crippen molar-refractivity contribution in [3.05, 3.63) is 64.7 Å². The number of amides is 3. The van der Waals surface area contributed by atoms with Crippen LogP contribution in [0, 0.1) is 0 Å². The fourth-order valence-electron chi connectivity index (χ4n) is 3.63. The highest BCUT2D eigenvalue weighted by atomic mass is 19.4. The van der Waals surface area contributed by atoms with Gasteiger partial charge in [0, 0.05) is 31.4 Å². The molecule has 0 spiro atoms. The van der Waals surface area contributed by atoms with Crippen LogP contribution in [0.15, 0.2) is 42.5 Å². The molecule has 0 aromatic heterocycles. The minimum Gasteiger partial charge on any atom is -0.307 e. The molecule has 170 valence electrons. The maximum absolute atomic E-state index is 13.4. The van der Waals surface area contributed by atoms with E-state index >= 15 is 0 Å². The molecule has 32 heavy (non-hydrogen) atoms. The van der Waals surface area contributed by atoms with Crippen molar-refractivity contribution in [3.63, 3.8) is 0 Å². The first-order valence-corrected chi connectivity index (χ1v) is 10.3. The maximum Gasteiger partial charge on any atom is 0.416 e. The van der Waals surface area contributed by atoms with Crippen LogP contribution in [0.2, 0.25) is 0 Å². The van der Waals surface area contributed by atoms with Gasteiger partial charge in [-0.05, 0) is 49.5 Å². The lowest BCUT2D eigenvalue weighted by Gasteiger charge is -2.27. The number of fused-ring (bicyclic) bond motifs is 1. The number of hydrogen-bond donors (Lipinski definition) is 0. The molecule has 2 aromatic carbocycles. The lowest BCUT2D eigenvalue weighted by Crippen LogP contribution is -2.39. The Morgan fingerprint density at radius 2 is 1.59 bits per heavy atom. The number of alkyl halides is 3. The molecule has 0 aliphatic carbocycles. The molecule has 1 heterocycles. The van der Waals surface area contributed by atoms with Crippen molar-refractivity contribution in [2.75, 3.05) is 38.1 Å². The van der Waals surface area contributed by atoms with Crippen LogP contribution in [-0.2, 0) is 6.18 Å². The van der Waals surface area contributed by atoms with Crippen LogP contribution >= 0.6 is 0 Å². The van der Waals surface area contributed by atoms with Crippen LogP contribution < -0.4 is 4.90 Å². The minimum atomic E-state index is -4.55. The summed E-state index contributed by atoms with van der Waals surface area (Å²) in [6, 6.07) is 8.76. The lowest BCUT2D eigenvalue weighted by molar-refractivity contribution is -0.137. The monoisotopic (exact) mass is 447 g/mol. The highest BCUT2D eigenvalue weighted by Crippen LogP contribution is 2.32. The van der Waals surface area contributed by atoms with E-state index in [0.29, 0.717) is 6.54 Å². The summed E-state index contributed by atoms with van der Waals surface area (Å²) in [5, 5.41) is 0. The van der Waals surface area contributed by atoms with Crippen LogP contribution in [0.4, 0.5) is 18.9 Å². The molecule has 6 nitrogen and oxygen atoms in total. The van der Waals surface area contributed by atoms with Gasteiger partial charge in [0.1, 0.15) is 0 Å². The van der Waals surface area contributed by atoms with Gasteiger partial charge in [0.05, 0.1) is 16.7 Å². The zero-order valence-electron chi connectivity index (χ0n) is 18.1. The number of halogens is 3. The number of anilines is 1. The second-order valence-electron chi connectivity index (χ2n) is 7.46. The number of hydrogen-bond acceptors (Lipinski definition) is 4. The summed E-state index contributed by atoms with van der Waals surface area (Å²) in [4.78, 5) is 42.1. The molecule has 0 N–H and O–H groups in total. The van der Waals surface area contributed by atoms with Gasteiger partial charge in [-0.1, -0.05) is 19.9 Å². The number of likely N-dealkylation sites (N-methyl/N-ethyl adjacent to an activating group) is 1. The number of benzene rings is 2. The Hall–Kier alpha value is -3.20. The number of nitrogens with zero attached hydrogens (tertiary/aromatic N) is 3. The molecule has 9 heteroatoms. The van der Waals surface area contributed by atoms with Crippen LogP contribution in [-0.4, -0.2) is 60.7 Å². The first kappa shape index (κ1) is 23.5. The van der Waals surface area contributed by atoms with Crippen LogP contribution in [0.1, 0.15) is 50.5 Å². The third-order valence-electron chi connectivity index (χ3n) is 5.60. The van der Waals surface area contributed by atoms with Crippen molar-refractivity contribution in [1.29, 1.82) is 0 Å². The molecular formula is C23H24F3N3O3. The van der Waals surface area contributed by atoms with Gasteiger partial charge in [0.15, 0.2) is 0 Å². The van der Waals surface area contributed by atoms with Gasteiger partial charge < -0.3 is 9.80 Å². The Bertz CT molecular complexity index is 1050. The second kappa shape index (κ2) is 9.12. The van der Waals surface area contributed by atoms with E-state index in [-0.39, 0.29) is 28.9 Å². The Morgan fingerprint density at radius 3 is 2.22 bits per heavy atom. The highest BCUT2D eigenvalue weighted by Gasteiger charge is 2.34. The van der Waals surface area contributed by atoms with E-state index in [0.717, 1.165) is 30.1 Å².